The van der Waals surface area contributed by atoms with Gasteiger partial charge in [0.05, 0.1) is 45.9 Å². The Bertz CT molecular complexity index is 1030. The zero-order valence-electron chi connectivity index (χ0n) is 18.2. The van der Waals surface area contributed by atoms with Crippen molar-refractivity contribution in [3.05, 3.63) is 59.9 Å². The third kappa shape index (κ3) is 5.48. The SMILES string of the molecule is CCOc1ccc(Cn2cc(NC(=O)c3ccc(OC)c(OC)c3)cn2)cc1OCC. The van der Waals surface area contributed by atoms with Crippen molar-refractivity contribution in [1.29, 1.82) is 0 Å². The number of benzene rings is 2. The molecule has 3 aromatic rings. The summed E-state index contributed by atoms with van der Waals surface area (Å²) in [7, 11) is 3.08. The van der Waals surface area contributed by atoms with Gasteiger partial charge in [-0.2, -0.15) is 5.10 Å². The zero-order chi connectivity index (χ0) is 22.2. The van der Waals surface area contributed by atoms with E-state index in [0.717, 1.165) is 11.3 Å². The molecule has 0 aliphatic heterocycles. The fraction of sp³-hybridized carbons (Fsp3) is 0.304. The second-order valence-electron chi connectivity index (χ2n) is 6.60. The van der Waals surface area contributed by atoms with Crippen molar-refractivity contribution in [2.75, 3.05) is 32.8 Å². The number of hydrogen-bond acceptors (Lipinski definition) is 6. The summed E-state index contributed by atoms with van der Waals surface area (Å²) < 4.78 is 23.5. The van der Waals surface area contributed by atoms with E-state index in [2.05, 4.69) is 10.4 Å². The first-order chi connectivity index (χ1) is 15.1. The van der Waals surface area contributed by atoms with Gasteiger partial charge >= 0.3 is 0 Å². The Balaban J connectivity index is 1.69. The molecule has 0 saturated carbocycles. The van der Waals surface area contributed by atoms with E-state index in [1.165, 1.54) is 7.11 Å². The molecule has 0 saturated heterocycles. The molecule has 0 bridgehead atoms. The van der Waals surface area contributed by atoms with Crippen LogP contribution in [0.2, 0.25) is 0 Å². The molecule has 1 aromatic heterocycles. The molecule has 0 unspecified atom stereocenters. The largest absolute Gasteiger partial charge is 0.493 e. The van der Waals surface area contributed by atoms with Crippen LogP contribution in [0.25, 0.3) is 0 Å². The average Bonchev–Trinajstić information content (AvgIpc) is 3.21. The highest BCUT2D eigenvalue weighted by molar-refractivity contribution is 6.04. The number of carbonyl (C=O) groups is 1. The standard InChI is InChI=1S/C23H27N3O5/c1-5-30-20-9-7-16(11-22(20)31-6-2)14-26-15-18(13-24-26)25-23(27)17-8-10-19(28-3)21(12-17)29-4/h7-13,15H,5-6,14H2,1-4H3,(H,25,27). The Morgan fingerprint density at radius 3 is 2.35 bits per heavy atom. The van der Waals surface area contributed by atoms with Crippen LogP contribution < -0.4 is 24.3 Å². The first kappa shape index (κ1) is 22.0. The minimum atomic E-state index is -0.264. The zero-order valence-corrected chi connectivity index (χ0v) is 18.2. The maximum absolute atomic E-state index is 12.6. The molecular weight excluding hydrogens is 398 g/mol. The van der Waals surface area contributed by atoms with E-state index in [0.29, 0.717) is 48.3 Å². The van der Waals surface area contributed by atoms with Crippen LogP contribution in [0.3, 0.4) is 0 Å². The van der Waals surface area contributed by atoms with Gasteiger partial charge in [0.1, 0.15) is 0 Å². The second kappa shape index (κ2) is 10.4. The lowest BCUT2D eigenvalue weighted by Crippen LogP contribution is -2.11. The van der Waals surface area contributed by atoms with Crippen molar-refractivity contribution in [3.63, 3.8) is 0 Å². The smallest absolute Gasteiger partial charge is 0.255 e. The summed E-state index contributed by atoms with van der Waals surface area (Å²) >= 11 is 0. The van der Waals surface area contributed by atoms with Crippen LogP contribution in [0.4, 0.5) is 5.69 Å². The van der Waals surface area contributed by atoms with E-state index >= 15 is 0 Å². The highest BCUT2D eigenvalue weighted by Gasteiger charge is 2.12. The molecule has 0 fully saturated rings. The second-order valence-corrected chi connectivity index (χ2v) is 6.60. The highest BCUT2D eigenvalue weighted by atomic mass is 16.5. The van der Waals surface area contributed by atoms with Crippen molar-refractivity contribution >= 4 is 11.6 Å². The van der Waals surface area contributed by atoms with E-state index in [1.807, 2.05) is 32.0 Å². The van der Waals surface area contributed by atoms with Gasteiger partial charge in [0.25, 0.3) is 5.91 Å². The normalized spacial score (nSPS) is 10.5. The number of aromatic nitrogens is 2. The minimum Gasteiger partial charge on any atom is -0.493 e. The molecule has 0 aliphatic carbocycles. The van der Waals surface area contributed by atoms with Crippen LogP contribution in [0, 0.1) is 0 Å². The van der Waals surface area contributed by atoms with Crippen molar-refractivity contribution in [2.45, 2.75) is 20.4 Å². The van der Waals surface area contributed by atoms with Crippen LogP contribution in [0.15, 0.2) is 48.8 Å². The Labute approximate surface area is 181 Å². The van der Waals surface area contributed by atoms with Crippen molar-refractivity contribution in [1.82, 2.24) is 9.78 Å². The molecule has 164 valence electrons. The Morgan fingerprint density at radius 2 is 1.65 bits per heavy atom. The molecule has 1 N–H and O–H groups in total. The Kier molecular flexibility index (Phi) is 7.37. The number of nitrogens with zero attached hydrogens (tertiary/aromatic N) is 2. The van der Waals surface area contributed by atoms with Gasteiger partial charge in [-0.1, -0.05) is 6.07 Å². The van der Waals surface area contributed by atoms with Crippen LogP contribution in [-0.4, -0.2) is 43.1 Å². The molecule has 3 rings (SSSR count). The number of ether oxygens (including phenoxy) is 4. The number of methoxy groups -OCH3 is 2. The summed E-state index contributed by atoms with van der Waals surface area (Å²) in [5.41, 5.74) is 2.06. The summed E-state index contributed by atoms with van der Waals surface area (Å²) in [6.45, 7) is 5.52. The number of amides is 1. The van der Waals surface area contributed by atoms with E-state index in [-0.39, 0.29) is 5.91 Å². The molecule has 8 heteroatoms. The molecule has 31 heavy (non-hydrogen) atoms. The van der Waals surface area contributed by atoms with Gasteiger partial charge in [-0.15, -0.1) is 0 Å². The van der Waals surface area contributed by atoms with Crippen LogP contribution >= 0.6 is 0 Å². The Morgan fingerprint density at radius 1 is 0.935 bits per heavy atom. The minimum absolute atomic E-state index is 0.264. The van der Waals surface area contributed by atoms with Gasteiger partial charge < -0.3 is 24.3 Å². The van der Waals surface area contributed by atoms with Crippen LogP contribution in [0.1, 0.15) is 29.8 Å². The Hall–Kier alpha value is -3.68. The quantitative estimate of drug-likeness (QED) is 0.529. The monoisotopic (exact) mass is 425 g/mol. The fourth-order valence-corrected chi connectivity index (χ4v) is 3.08. The van der Waals surface area contributed by atoms with E-state index in [1.54, 1.807) is 42.4 Å². The number of anilines is 1. The highest BCUT2D eigenvalue weighted by Crippen LogP contribution is 2.29. The van der Waals surface area contributed by atoms with E-state index < -0.39 is 0 Å². The molecule has 1 amide bonds. The van der Waals surface area contributed by atoms with Crippen LogP contribution in [-0.2, 0) is 6.54 Å². The summed E-state index contributed by atoms with van der Waals surface area (Å²) in [5, 5.41) is 7.19. The summed E-state index contributed by atoms with van der Waals surface area (Å²) in [5.74, 6) is 2.22. The van der Waals surface area contributed by atoms with Crippen molar-refractivity contribution in [2.24, 2.45) is 0 Å². The number of nitrogens with one attached hydrogen (secondary N) is 1. The number of hydrogen-bond donors (Lipinski definition) is 1. The van der Waals surface area contributed by atoms with Crippen molar-refractivity contribution in [3.8, 4) is 23.0 Å². The third-order valence-electron chi connectivity index (χ3n) is 4.49. The summed E-state index contributed by atoms with van der Waals surface area (Å²) in [4.78, 5) is 12.6. The first-order valence-corrected chi connectivity index (χ1v) is 10.0. The average molecular weight is 425 g/mol. The van der Waals surface area contributed by atoms with Gasteiger partial charge in [0.2, 0.25) is 0 Å². The molecule has 8 nitrogen and oxygen atoms in total. The molecule has 2 aromatic carbocycles. The third-order valence-corrected chi connectivity index (χ3v) is 4.49. The predicted octanol–water partition coefficient (Wildman–Crippen LogP) is 4.00. The topological polar surface area (TPSA) is 83.8 Å². The van der Waals surface area contributed by atoms with Gasteiger partial charge in [-0.25, -0.2) is 0 Å². The molecule has 0 radical (unpaired) electrons. The van der Waals surface area contributed by atoms with Gasteiger partial charge in [-0.05, 0) is 49.7 Å². The lowest BCUT2D eigenvalue weighted by molar-refractivity contribution is 0.102. The first-order valence-electron chi connectivity index (χ1n) is 10.0. The molecule has 1 heterocycles. The van der Waals surface area contributed by atoms with Crippen molar-refractivity contribution < 1.29 is 23.7 Å². The lowest BCUT2D eigenvalue weighted by atomic mass is 10.2. The number of carbonyl (C=O) groups excluding carboxylic acids is 1. The molecular formula is C23H27N3O5. The van der Waals surface area contributed by atoms with Gasteiger partial charge in [-0.3, -0.25) is 9.48 Å². The molecule has 0 spiro atoms. The maximum atomic E-state index is 12.6. The predicted molar refractivity (Wildman–Crippen MR) is 118 cm³/mol. The van der Waals surface area contributed by atoms with Gasteiger partial charge in [0, 0.05) is 11.8 Å². The van der Waals surface area contributed by atoms with E-state index in [4.69, 9.17) is 18.9 Å². The molecule has 0 aliphatic rings. The summed E-state index contributed by atoms with van der Waals surface area (Å²) in [6, 6.07) is 10.8. The molecule has 0 atom stereocenters. The fourth-order valence-electron chi connectivity index (χ4n) is 3.08. The van der Waals surface area contributed by atoms with E-state index in [9.17, 15) is 4.79 Å². The lowest BCUT2D eigenvalue weighted by Gasteiger charge is -2.12. The number of rotatable bonds is 10. The van der Waals surface area contributed by atoms with Crippen LogP contribution in [0.5, 0.6) is 23.0 Å². The summed E-state index contributed by atoms with van der Waals surface area (Å²) in [6.07, 6.45) is 3.38. The van der Waals surface area contributed by atoms with Gasteiger partial charge in [0.15, 0.2) is 23.0 Å². The maximum Gasteiger partial charge on any atom is 0.255 e.